The highest BCUT2D eigenvalue weighted by molar-refractivity contribution is 7.92. The fraction of sp³-hybridized carbons (Fsp3) is 0.333. The third kappa shape index (κ3) is 8.46. The molecule has 3 aromatic carbocycles. The van der Waals surface area contributed by atoms with Crippen LogP contribution < -0.4 is 9.62 Å². The van der Waals surface area contributed by atoms with Crippen molar-refractivity contribution in [1.29, 1.82) is 0 Å². The van der Waals surface area contributed by atoms with Crippen LogP contribution in [-0.2, 0) is 32.6 Å². The number of hydrogen-bond acceptors (Lipinski definition) is 4. The van der Waals surface area contributed by atoms with E-state index >= 15 is 0 Å². The summed E-state index contributed by atoms with van der Waals surface area (Å²) in [6.45, 7) is 5.09. The summed E-state index contributed by atoms with van der Waals surface area (Å²) in [5.41, 5.74) is 2.42. The van der Waals surface area contributed by atoms with Gasteiger partial charge < -0.3 is 10.2 Å². The van der Waals surface area contributed by atoms with E-state index in [-0.39, 0.29) is 24.9 Å². The van der Waals surface area contributed by atoms with Gasteiger partial charge in [-0.15, -0.1) is 0 Å². The molecule has 10 heteroatoms. The second-order valence-electron chi connectivity index (χ2n) is 9.84. The Bertz CT molecular complexity index is 1430. The second-order valence-corrected chi connectivity index (χ2v) is 12.6. The molecule has 0 heterocycles. The maximum Gasteiger partial charge on any atom is 0.244 e. The van der Waals surface area contributed by atoms with Crippen molar-refractivity contribution in [2.24, 2.45) is 0 Å². The Hall–Kier alpha value is -3.07. The number of nitrogens with one attached hydrogen (secondary N) is 1. The molecule has 0 aliphatic rings. The minimum Gasteiger partial charge on any atom is -0.352 e. The average molecular weight is 605 g/mol. The molecule has 0 aromatic heterocycles. The summed E-state index contributed by atoms with van der Waals surface area (Å²) in [5.74, 6) is -0.881. The van der Waals surface area contributed by atoms with Gasteiger partial charge in [-0.2, -0.15) is 0 Å². The van der Waals surface area contributed by atoms with E-state index in [1.165, 1.54) is 11.0 Å². The third-order valence-corrected chi connectivity index (χ3v) is 8.42. The zero-order valence-electron chi connectivity index (χ0n) is 23.1. The number of halogens is 2. The quantitative estimate of drug-likeness (QED) is 0.291. The van der Waals surface area contributed by atoms with Crippen LogP contribution in [0.5, 0.6) is 0 Å². The van der Waals surface area contributed by atoms with E-state index in [2.05, 4.69) is 5.32 Å². The summed E-state index contributed by atoms with van der Waals surface area (Å²) in [4.78, 5) is 29.3. The van der Waals surface area contributed by atoms with E-state index in [0.29, 0.717) is 33.3 Å². The molecule has 2 atom stereocenters. The van der Waals surface area contributed by atoms with E-state index in [4.69, 9.17) is 23.2 Å². The van der Waals surface area contributed by atoms with Gasteiger partial charge in [-0.25, -0.2) is 8.42 Å². The zero-order valence-corrected chi connectivity index (χ0v) is 25.4. The van der Waals surface area contributed by atoms with Crippen LogP contribution in [0.15, 0.2) is 72.8 Å². The standard InChI is InChI=1S/C30H35Cl2N3O4S/c1-5-22(3)33-30(37)28(17-23-11-7-6-8-12-23)34(19-24-13-9-10-14-26(24)32)29(36)20-35(40(4,38)39)27-18-25(31)16-15-21(27)2/h6-16,18,22,28H,5,17,19-20H2,1-4H3,(H,33,37)/t22-,28+/m0/s1. The van der Waals surface area contributed by atoms with Crippen molar-refractivity contribution in [3.8, 4) is 0 Å². The van der Waals surface area contributed by atoms with Crippen molar-refractivity contribution < 1.29 is 18.0 Å². The Morgan fingerprint density at radius 2 is 1.62 bits per heavy atom. The Balaban J connectivity index is 2.10. The lowest BCUT2D eigenvalue weighted by atomic mass is 10.0. The SMILES string of the molecule is CC[C@H](C)NC(=O)[C@@H](Cc1ccccc1)N(Cc1ccccc1Cl)C(=O)CN(c1cc(Cl)ccc1C)S(C)(=O)=O. The zero-order chi connectivity index (χ0) is 29.4. The van der Waals surface area contributed by atoms with E-state index in [0.717, 1.165) is 16.1 Å². The van der Waals surface area contributed by atoms with Crippen LogP contribution in [0, 0.1) is 6.92 Å². The molecule has 0 unspecified atom stereocenters. The predicted molar refractivity (Wildman–Crippen MR) is 162 cm³/mol. The summed E-state index contributed by atoms with van der Waals surface area (Å²) in [5, 5.41) is 3.78. The number of sulfonamides is 1. The summed E-state index contributed by atoms with van der Waals surface area (Å²) in [6, 6.07) is 20.3. The number of aryl methyl sites for hydroxylation is 1. The highest BCUT2D eigenvalue weighted by Gasteiger charge is 2.34. The maximum atomic E-state index is 14.1. The average Bonchev–Trinajstić information content (AvgIpc) is 2.91. The normalized spacial score (nSPS) is 12.8. The van der Waals surface area contributed by atoms with Gasteiger partial charge in [-0.1, -0.05) is 84.7 Å². The molecular formula is C30H35Cl2N3O4S. The summed E-state index contributed by atoms with van der Waals surface area (Å²) >= 11 is 12.7. The van der Waals surface area contributed by atoms with E-state index in [1.54, 1.807) is 43.3 Å². The highest BCUT2D eigenvalue weighted by Crippen LogP contribution is 2.27. The topological polar surface area (TPSA) is 86.8 Å². The van der Waals surface area contributed by atoms with Gasteiger partial charge in [0.25, 0.3) is 0 Å². The van der Waals surface area contributed by atoms with Crippen LogP contribution in [-0.4, -0.2) is 50.0 Å². The summed E-state index contributed by atoms with van der Waals surface area (Å²) in [6.07, 6.45) is 1.97. The number of carbonyl (C=O) groups excluding carboxylic acids is 2. The molecule has 1 N–H and O–H groups in total. The van der Waals surface area contributed by atoms with Crippen LogP contribution >= 0.6 is 23.2 Å². The van der Waals surface area contributed by atoms with Crippen LogP contribution in [0.4, 0.5) is 5.69 Å². The largest absolute Gasteiger partial charge is 0.352 e. The number of hydrogen-bond donors (Lipinski definition) is 1. The molecular weight excluding hydrogens is 569 g/mol. The molecule has 3 aromatic rings. The van der Waals surface area contributed by atoms with Crippen molar-refractivity contribution in [3.63, 3.8) is 0 Å². The first-order valence-electron chi connectivity index (χ1n) is 13.0. The van der Waals surface area contributed by atoms with Gasteiger partial charge in [0.15, 0.2) is 0 Å². The first kappa shape index (κ1) is 31.5. The van der Waals surface area contributed by atoms with Crippen LogP contribution in [0.2, 0.25) is 10.0 Å². The molecule has 2 amide bonds. The van der Waals surface area contributed by atoms with Crippen LogP contribution in [0.25, 0.3) is 0 Å². The molecule has 0 fully saturated rings. The molecule has 0 saturated heterocycles. The van der Waals surface area contributed by atoms with Gasteiger partial charge >= 0.3 is 0 Å². The molecule has 0 aliphatic heterocycles. The number of rotatable bonds is 12. The summed E-state index contributed by atoms with van der Waals surface area (Å²) in [7, 11) is -3.89. The lowest BCUT2D eigenvalue weighted by Gasteiger charge is -2.34. The van der Waals surface area contributed by atoms with E-state index in [1.807, 2.05) is 44.2 Å². The minimum absolute atomic E-state index is 0.00998. The Labute approximate surface area is 247 Å². The smallest absolute Gasteiger partial charge is 0.244 e. The lowest BCUT2D eigenvalue weighted by Crippen LogP contribution is -2.54. The van der Waals surface area contributed by atoms with Gasteiger partial charge in [0.2, 0.25) is 21.8 Å². The van der Waals surface area contributed by atoms with Crippen LogP contribution in [0.3, 0.4) is 0 Å². The number of benzene rings is 3. The lowest BCUT2D eigenvalue weighted by molar-refractivity contribution is -0.140. The van der Waals surface area contributed by atoms with Crippen molar-refractivity contribution in [2.75, 3.05) is 17.1 Å². The Morgan fingerprint density at radius 1 is 0.975 bits per heavy atom. The Morgan fingerprint density at radius 3 is 2.25 bits per heavy atom. The molecule has 0 bridgehead atoms. The molecule has 0 spiro atoms. The molecule has 7 nitrogen and oxygen atoms in total. The third-order valence-electron chi connectivity index (χ3n) is 6.69. The first-order valence-corrected chi connectivity index (χ1v) is 15.6. The highest BCUT2D eigenvalue weighted by atomic mass is 35.5. The van der Waals surface area contributed by atoms with Crippen molar-refractivity contribution in [2.45, 2.75) is 52.2 Å². The number of anilines is 1. The fourth-order valence-electron chi connectivity index (χ4n) is 4.25. The predicted octanol–water partition coefficient (Wildman–Crippen LogP) is 5.62. The summed E-state index contributed by atoms with van der Waals surface area (Å²) < 4.78 is 26.9. The number of carbonyl (C=O) groups is 2. The molecule has 3 rings (SSSR count). The molecule has 40 heavy (non-hydrogen) atoms. The molecule has 214 valence electrons. The maximum absolute atomic E-state index is 14.1. The second kappa shape index (κ2) is 14.0. The van der Waals surface area contributed by atoms with Crippen molar-refractivity contribution in [3.05, 3.63) is 99.5 Å². The first-order chi connectivity index (χ1) is 18.9. The van der Waals surface area contributed by atoms with Crippen LogP contribution in [0.1, 0.15) is 37.0 Å². The van der Waals surface area contributed by atoms with Gasteiger partial charge in [0.1, 0.15) is 12.6 Å². The monoisotopic (exact) mass is 603 g/mol. The van der Waals surface area contributed by atoms with E-state index < -0.39 is 28.5 Å². The fourth-order valence-corrected chi connectivity index (χ4v) is 5.51. The Kier molecular flexibility index (Phi) is 11.0. The molecule has 0 radical (unpaired) electrons. The molecule has 0 aliphatic carbocycles. The minimum atomic E-state index is -3.89. The number of nitrogens with zero attached hydrogens (tertiary/aromatic N) is 2. The number of amides is 2. The van der Waals surface area contributed by atoms with E-state index in [9.17, 15) is 18.0 Å². The molecule has 0 saturated carbocycles. The van der Waals surface area contributed by atoms with Gasteiger partial charge in [0, 0.05) is 29.1 Å². The van der Waals surface area contributed by atoms with Crippen molar-refractivity contribution >= 4 is 50.7 Å². The van der Waals surface area contributed by atoms with Gasteiger partial charge in [-0.3, -0.25) is 13.9 Å². The van der Waals surface area contributed by atoms with Gasteiger partial charge in [-0.05, 0) is 55.2 Å². The van der Waals surface area contributed by atoms with Gasteiger partial charge in [0.05, 0.1) is 11.9 Å². The van der Waals surface area contributed by atoms with Crippen molar-refractivity contribution in [1.82, 2.24) is 10.2 Å².